The summed E-state index contributed by atoms with van der Waals surface area (Å²) in [6, 6.07) is 0. The van der Waals surface area contributed by atoms with Crippen LogP contribution in [0.25, 0.3) is 0 Å². The molecule has 0 spiro atoms. The Morgan fingerprint density at radius 3 is 2.79 bits per heavy atom. The minimum atomic E-state index is -1.81. The molecule has 1 heterocycles. The molecule has 0 saturated carbocycles. The molecule has 4 nitrogen and oxygen atoms in total. The summed E-state index contributed by atoms with van der Waals surface area (Å²) in [5.74, 6) is -0.00364. The molecule has 0 aliphatic carbocycles. The fraction of sp³-hybridized carbons (Fsp3) is 0.667. The number of carbonyl (C=O) groups is 1. The molecule has 1 aliphatic rings. The van der Waals surface area contributed by atoms with Crippen molar-refractivity contribution in [1.82, 2.24) is 9.55 Å². The Morgan fingerprint density at radius 2 is 2.29 bits per heavy atom. The van der Waals surface area contributed by atoms with E-state index in [1.165, 1.54) is 0 Å². The summed E-state index contributed by atoms with van der Waals surface area (Å²) in [7, 11) is -1.81. The average Bonchev–Trinajstić information content (AvgIpc) is 2.54. The Kier molecular flexibility index (Phi) is 3.85. The number of hydrogen-bond donors (Lipinski definition) is 1. The summed E-state index contributed by atoms with van der Waals surface area (Å²) >= 11 is 0. The highest BCUT2D eigenvalue weighted by Crippen LogP contribution is 2.10. The first-order valence-electron chi connectivity index (χ1n) is 4.84. The van der Waals surface area contributed by atoms with Crippen molar-refractivity contribution in [2.45, 2.75) is 20.0 Å². The van der Waals surface area contributed by atoms with Crippen molar-refractivity contribution in [3.63, 3.8) is 0 Å². The Hall–Kier alpha value is -0.653. The second-order valence-corrected chi connectivity index (χ2v) is 7.85. The minimum Gasteiger partial charge on any atom is -0.366 e. The number of hydrogen-bond acceptors (Lipinski definition) is 3. The van der Waals surface area contributed by atoms with Crippen molar-refractivity contribution < 1.29 is 9.53 Å². The van der Waals surface area contributed by atoms with Crippen LogP contribution >= 0.6 is 0 Å². The molecule has 1 aliphatic heterocycles. The van der Waals surface area contributed by atoms with Crippen LogP contribution in [0.5, 0.6) is 0 Å². The molecule has 0 atom stereocenters. The van der Waals surface area contributed by atoms with Crippen LogP contribution in [0.1, 0.15) is 6.92 Å². The van der Waals surface area contributed by atoms with Crippen LogP contribution in [0.4, 0.5) is 0 Å². The molecule has 1 rings (SSSR count). The van der Waals surface area contributed by atoms with Gasteiger partial charge in [0.1, 0.15) is 0 Å². The van der Waals surface area contributed by atoms with Crippen LogP contribution in [-0.4, -0.2) is 38.8 Å². The number of nitrogens with zero attached hydrogens (tertiary/aromatic N) is 1. The number of rotatable bonds is 3. The topological polar surface area (TPSA) is 41.6 Å². The molecule has 1 fully saturated rings. The van der Waals surface area contributed by atoms with E-state index in [0.29, 0.717) is 6.73 Å². The van der Waals surface area contributed by atoms with Crippen LogP contribution in [0.3, 0.4) is 0 Å². The molecule has 0 aromatic heterocycles. The van der Waals surface area contributed by atoms with Crippen molar-refractivity contribution in [2.24, 2.45) is 0 Å². The van der Waals surface area contributed by atoms with E-state index in [9.17, 15) is 4.79 Å². The highest BCUT2D eigenvalue weighted by Gasteiger charge is 2.33. The summed E-state index contributed by atoms with van der Waals surface area (Å²) in [5.41, 5.74) is 0. The fourth-order valence-corrected chi connectivity index (χ4v) is 3.34. The lowest BCUT2D eigenvalue weighted by atomic mass is 10.5. The van der Waals surface area contributed by atoms with Gasteiger partial charge in [-0.05, 0) is 26.1 Å². The molecule has 1 amide bonds. The van der Waals surface area contributed by atoms with Crippen molar-refractivity contribution in [3.8, 4) is 0 Å². The van der Waals surface area contributed by atoms with Gasteiger partial charge in [-0.25, -0.2) is 0 Å². The summed E-state index contributed by atoms with van der Waals surface area (Å²) < 4.78 is 7.51. The summed E-state index contributed by atoms with van der Waals surface area (Å²) in [6.45, 7) is 8.42. The second kappa shape index (κ2) is 4.72. The third kappa shape index (κ3) is 2.93. The van der Waals surface area contributed by atoms with E-state index >= 15 is 0 Å². The number of allylic oxidation sites excluding steroid dienone is 1. The lowest BCUT2D eigenvalue weighted by Gasteiger charge is -2.31. The molecule has 1 saturated heterocycles. The van der Waals surface area contributed by atoms with Gasteiger partial charge < -0.3 is 9.72 Å². The van der Waals surface area contributed by atoms with E-state index in [1.54, 1.807) is 12.2 Å². The van der Waals surface area contributed by atoms with E-state index < -0.39 is 8.40 Å². The van der Waals surface area contributed by atoms with E-state index in [1.807, 2.05) is 6.92 Å². The maximum atomic E-state index is 11.4. The lowest BCUT2D eigenvalue weighted by molar-refractivity contribution is -0.115. The van der Waals surface area contributed by atoms with Gasteiger partial charge in [0.15, 0.2) is 0 Å². The van der Waals surface area contributed by atoms with Gasteiger partial charge in [-0.2, -0.15) is 0 Å². The molecule has 5 heteroatoms. The molecule has 80 valence electrons. The van der Waals surface area contributed by atoms with Crippen LogP contribution in [-0.2, 0) is 9.53 Å². The van der Waals surface area contributed by atoms with E-state index in [4.69, 9.17) is 4.74 Å². The van der Waals surface area contributed by atoms with Crippen molar-refractivity contribution >= 4 is 14.3 Å². The normalized spacial score (nSPS) is 19.1. The van der Waals surface area contributed by atoms with Crippen LogP contribution in [0.15, 0.2) is 12.2 Å². The highest BCUT2D eigenvalue weighted by molar-refractivity contribution is 6.74. The average molecular weight is 214 g/mol. The molecule has 0 unspecified atom stereocenters. The second-order valence-electron chi connectivity index (χ2n) is 3.85. The molecule has 1 N–H and O–H groups in total. The largest absolute Gasteiger partial charge is 0.366 e. The molecule has 0 aromatic carbocycles. The first-order valence-corrected chi connectivity index (χ1v) is 7.78. The number of amides is 1. The predicted molar refractivity (Wildman–Crippen MR) is 58.0 cm³/mol. The SMILES string of the molecule is CC=CC(=O)N[Si](C)(C)N1CCOC1. The molecular formula is C9H18N2O2Si. The van der Waals surface area contributed by atoms with Gasteiger partial charge in [0, 0.05) is 6.54 Å². The maximum absolute atomic E-state index is 11.4. The van der Waals surface area contributed by atoms with E-state index in [-0.39, 0.29) is 5.91 Å². The van der Waals surface area contributed by atoms with Crippen LogP contribution < -0.4 is 4.98 Å². The molecule has 0 radical (unpaired) electrons. The highest BCUT2D eigenvalue weighted by atomic mass is 28.3. The summed E-state index contributed by atoms with van der Waals surface area (Å²) in [4.78, 5) is 14.4. The third-order valence-corrected chi connectivity index (χ3v) is 5.08. The Bertz CT molecular complexity index is 235. The Labute approximate surface area is 86.1 Å². The van der Waals surface area contributed by atoms with Crippen molar-refractivity contribution in [1.29, 1.82) is 0 Å². The molecule has 14 heavy (non-hydrogen) atoms. The Morgan fingerprint density at radius 1 is 1.57 bits per heavy atom. The minimum absolute atomic E-state index is 0.00364. The predicted octanol–water partition coefficient (Wildman–Crippen LogP) is 0.670. The van der Waals surface area contributed by atoms with Gasteiger partial charge in [-0.15, -0.1) is 0 Å². The first-order chi connectivity index (χ1) is 6.56. The Balaban J connectivity index is 2.51. The fourth-order valence-electron chi connectivity index (χ4n) is 1.43. The molecule has 0 bridgehead atoms. The zero-order chi connectivity index (χ0) is 10.6. The van der Waals surface area contributed by atoms with Crippen LogP contribution in [0.2, 0.25) is 13.1 Å². The third-order valence-electron chi connectivity index (χ3n) is 2.29. The van der Waals surface area contributed by atoms with Crippen LogP contribution in [0, 0.1) is 0 Å². The zero-order valence-electron chi connectivity index (χ0n) is 9.04. The van der Waals surface area contributed by atoms with Gasteiger partial charge >= 0.3 is 0 Å². The monoisotopic (exact) mass is 214 g/mol. The first kappa shape index (κ1) is 11.4. The molecular weight excluding hydrogens is 196 g/mol. The van der Waals surface area contributed by atoms with Crippen molar-refractivity contribution in [3.05, 3.63) is 12.2 Å². The maximum Gasteiger partial charge on any atom is 0.236 e. The van der Waals surface area contributed by atoms with Gasteiger partial charge in [0.05, 0.1) is 13.3 Å². The van der Waals surface area contributed by atoms with Gasteiger partial charge in [0.2, 0.25) is 14.3 Å². The van der Waals surface area contributed by atoms with E-state index in [2.05, 4.69) is 22.6 Å². The number of carbonyl (C=O) groups excluding carboxylic acids is 1. The quantitative estimate of drug-likeness (QED) is 0.554. The summed E-state index contributed by atoms with van der Waals surface area (Å²) in [6.07, 6.45) is 3.31. The lowest BCUT2D eigenvalue weighted by Crippen LogP contribution is -2.60. The number of ether oxygens (including phenoxy) is 1. The molecule has 0 aromatic rings. The van der Waals surface area contributed by atoms with Gasteiger partial charge in [0.25, 0.3) is 0 Å². The van der Waals surface area contributed by atoms with Gasteiger partial charge in [-0.3, -0.25) is 9.36 Å². The smallest absolute Gasteiger partial charge is 0.236 e. The zero-order valence-corrected chi connectivity index (χ0v) is 10.0. The summed E-state index contributed by atoms with van der Waals surface area (Å²) in [5, 5.41) is 0. The van der Waals surface area contributed by atoms with E-state index in [0.717, 1.165) is 13.2 Å². The number of nitrogens with one attached hydrogen (secondary N) is 1. The standard InChI is InChI=1S/C9H18N2O2Si/c1-4-5-9(12)10-14(2,3)11-6-7-13-8-11/h4-5H,6-8H2,1-3H3,(H,10,12). The van der Waals surface area contributed by atoms with Gasteiger partial charge in [-0.1, -0.05) is 6.08 Å². The van der Waals surface area contributed by atoms with Crippen molar-refractivity contribution in [2.75, 3.05) is 19.9 Å².